The predicted molar refractivity (Wildman–Crippen MR) is 177 cm³/mol. The van der Waals surface area contributed by atoms with Crippen molar-refractivity contribution in [3.8, 4) is 11.1 Å². The molecule has 41 heavy (non-hydrogen) atoms. The van der Waals surface area contributed by atoms with Crippen LogP contribution >= 0.6 is 0 Å². The van der Waals surface area contributed by atoms with Gasteiger partial charge in [0.05, 0.1) is 6.54 Å². The Morgan fingerprint density at radius 3 is 1.76 bits per heavy atom. The van der Waals surface area contributed by atoms with Crippen molar-refractivity contribution in [2.75, 3.05) is 0 Å². The summed E-state index contributed by atoms with van der Waals surface area (Å²) in [5.74, 6) is 0. The smallest absolute Gasteiger partial charge is 0.0640 e. The fourth-order valence-electron chi connectivity index (χ4n) is 6.28. The molecule has 0 N–H and O–H groups in total. The lowest BCUT2D eigenvalue weighted by Gasteiger charge is -2.14. The molecule has 0 radical (unpaired) electrons. The maximum Gasteiger partial charge on any atom is 0.0640 e. The Bertz CT molecular complexity index is 2270. The number of aliphatic imine (C=N–C) groups is 1. The van der Waals surface area contributed by atoms with Gasteiger partial charge in [-0.3, -0.25) is 4.99 Å². The van der Waals surface area contributed by atoms with Crippen LogP contribution in [0, 0.1) is 0 Å². The van der Waals surface area contributed by atoms with Crippen molar-refractivity contribution in [1.29, 1.82) is 0 Å². The van der Waals surface area contributed by atoms with Crippen LogP contribution in [-0.2, 0) is 6.54 Å². The maximum atomic E-state index is 4.79. The summed E-state index contributed by atoms with van der Waals surface area (Å²) in [7, 11) is 0. The van der Waals surface area contributed by atoms with Crippen molar-refractivity contribution in [2.24, 2.45) is 4.99 Å². The highest BCUT2D eigenvalue weighted by Crippen LogP contribution is 2.39. The zero-order chi connectivity index (χ0) is 27.2. The van der Waals surface area contributed by atoms with Gasteiger partial charge in [-0.1, -0.05) is 133 Å². The van der Waals surface area contributed by atoms with Gasteiger partial charge in [0.15, 0.2) is 0 Å². The number of hydrogen-bond donors (Lipinski definition) is 0. The average Bonchev–Trinajstić information content (AvgIpc) is 3.04. The molecule has 1 heteroatoms. The third-order valence-electron chi connectivity index (χ3n) is 8.29. The molecular formula is C40H27N. The van der Waals surface area contributed by atoms with Gasteiger partial charge in [0.25, 0.3) is 0 Å². The highest BCUT2D eigenvalue weighted by Gasteiger charge is 2.12. The SMILES string of the molecule is C(=NCc1ccc2c(ccc3ccccc32)c1)c1ccc(-c2c3ccccc3cc3c2ccc2ccccc23)cc1. The van der Waals surface area contributed by atoms with Crippen LogP contribution in [0.4, 0.5) is 0 Å². The van der Waals surface area contributed by atoms with E-state index in [4.69, 9.17) is 4.99 Å². The highest BCUT2D eigenvalue weighted by molar-refractivity contribution is 6.20. The molecule has 0 bridgehead atoms. The second kappa shape index (κ2) is 9.73. The van der Waals surface area contributed by atoms with E-state index in [-0.39, 0.29) is 0 Å². The molecule has 8 rings (SSSR count). The Morgan fingerprint density at radius 1 is 0.415 bits per heavy atom. The summed E-state index contributed by atoms with van der Waals surface area (Å²) >= 11 is 0. The van der Waals surface area contributed by atoms with Crippen molar-refractivity contribution in [2.45, 2.75) is 6.54 Å². The van der Waals surface area contributed by atoms with Crippen molar-refractivity contribution >= 4 is 60.1 Å². The van der Waals surface area contributed by atoms with Gasteiger partial charge in [0.1, 0.15) is 0 Å². The van der Waals surface area contributed by atoms with Gasteiger partial charge in [-0.2, -0.15) is 0 Å². The second-order valence-corrected chi connectivity index (χ2v) is 10.8. The van der Waals surface area contributed by atoms with Gasteiger partial charge in [-0.15, -0.1) is 0 Å². The van der Waals surface area contributed by atoms with Gasteiger partial charge in [-0.05, 0) is 88.2 Å². The topological polar surface area (TPSA) is 12.4 Å². The van der Waals surface area contributed by atoms with Crippen LogP contribution < -0.4 is 0 Å². The average molecular weight is 522 g/mol. The molecule has 0 saturated heterocycles. The van der Waals surface area contributed by atoms with Crippen LogP contribution in [-0.4, -0.2) is 6.21 Å². The van der Waals surface area contributed by atoms with Crippen molar-refractivity contribution in [3.05, 3.63) is 157 Å². The first-order valence-corrected chi connectivity index (χ1v) is 14.2. The van der Waals surface area contributed by atoms with E-state index in [0.717, 1.165) is 5.56 Å². The molecule has 192 valence electrons. The number of rotatable bonds is 4. The van der Waals surface area contributed by atoms with Gasteiger partial charge in [0.2, 0.25) is 0 Å². The first-order valence-electron chi connectivity index (χ1n) is 14.2. The van der Waals surface area contributed by atoms with E-state index in [0.29, 0.717) is 6.54 Å². The van der Waals surface area contributed by atoms with Crippen LogP contribution in [0.2, 0.25) is 0 Å². The minimum absolute atomic E-state index is 0.658. The minimum atomic E-state index is 0.658. The van der Waals surface area contributed by atoms with E-state index in [2.05, 4.69) is 146 Å². The lowest BCUT2D eigenvalue weighted by molar-refractivity contribution is 1.08. The Kier molecular flexibility index (Phi) is 5.60. The number of fused-ring (bicyclic) bond motifs is 7. The first kappa shape index (κ1) is 23.6. The maximum absolute atomic E-state index is 4.79. The van der Waals surface area contributed by atoms with E-state index >= 15 is 0 Å². The Morgan fingerprint density at radius 2 is 0.976 bits per heavy atom. The summed E-state index contributed by atoms with van der Waals surface area (Å²) in [4.78, 5) is 4.79. The van der Waals surface area contributed by atoms with E-state index in [1.807, 2.05) is 6.21 Å². The van der Waals surface area contributed by atoms with Gasteiger partial charge in [0, 0.05) is 6.21 Å². The molecule has 0 aliphatic carbocycles. The van der Waals surface area contributed by atoms with Crippen LogP contribution in [0.15, 0.2) is 151 Å². The third kappa shape index (κ3) is 4.15. The molecule has 0 aliphatic rings. The number of hydrogen-bond acceptors (Lipinski definition) is 1. The van der Waals surface area contributed by atoms with Crippen molar-refractivity contribution < 1.29 is 0 Å². The Hall–Kier alpha value is -5.27. The van der Waals surface area contributed by atoms with E-state index < -0.39 is 0 Å². The molecule has 1 nitrogen and oxygen atoms in total. The van der Waals surface area contributed by atoms with Crippen LogP contribution in [0.3, 0.4) is 0 Å². The lowest BCUT2D eigenvalue weighted by Crippen LogP contribution is -1.89. The predicted octanol–water partition coefficient (Wildman–Crippen LogP) is 10.7. The molecule has 0 unspecified atom stereocenters. The number of benzene rings is 8. The van der Waals surface area contributed by atoms with Gasteiger partial charge >= 0.3 is 0 Å². The summed E-state index contributed by atoms with van der Waals surface area (Å²) in [5, 5.41) is 12.8. The number of nitrogens with zero attached hydrogens (tertiary/aromatic N) is 1. The van der Waals surface area contributed by atoms with Crippen molar-refractivity contribution in [3.63, 3.8) is 0 Å². The van der Waals surface area contributed by atoms with Gasteiger partial charge in [-0.25, -0.2) is 0 Å². The summed E-state index contributed by atoms with van der Waals surface area (Å²) in [5.41, 5.74) is 4.84. The Labute approximate surface area is 239 Å². The standard InChI is InChI=1S/C40H27N/c1-4-10-34-29(7-1)18-19-33-23-28(15-21-36(33)34)26-41-25-27-13-16-31(17-14-27)40-37-12-6-3-9-32(37)24-39-35-11-5-2-8-30(35)20-22-38(39)40/h1-25H,26H2. The normalized spacial score (nSPS) is 11.9. The molecule has 8 aromatic rings. The molecule has 0 fully saturated rings. The molecule has 0 heterocycles. The molecule has 8 aromatic carbocycles. The van der Waals surface area contributed by atoms with E-state index in [9.17, 15) is 0 Å². The van der Waals surface area contributed by atoms with Crippen LogP contribution in [0.5, 0.6) is 0 Å². The van der Waals surface area contributed by atoms with E-state index in [1.54, 1.807) is 0 Å². The highest BCUT2D eigenvalue weighted by atomic mass is 14.7. The fourth-order valence-corrected chi connectivity index (χ4v) is 6.28. The summed E-state index contributed by atoms with van der Waals surface area (Å²) in [6.45, 7) is 0.658. The van der Waals surface area contributed by atoms with Crippen LogP contribution in [0.1, 0.15) is 11.1 Å². The Balaban J connectivity index is 1.12. The summed E-state index contributed by atoms with van der Waals surface area (Å²) in [6.07, 6.45) is 1.99. The van der Waals surface area contributed by atoms with Crippen LogP contribution in [0.25, 0.3) is 65.0 Å². The summed E-state index contributed by atoms with van der Waals surface area (Å²) < 4.78 is 0. The fraction of sp³-hybridized carbons (Fsp3) is 0.0250. The largest absolute Gasteiger partial charge is 0.288 e. The monoisotopic (exact) mass is 521 g/mol. The third-order valence-corrected chi connectivity index (χ3v) is 8.29. The molecule has 0 aliphatic heterocycles. The molecular weight excluding hydrogens is 494 g/mol. The molecule has 0 amide bonds. The quantitative estimate of drug-likeness (QED) is 0.124. The first-order chi connectivity index (χ1) is 20.3. The van der Waals surface area contributed by atoms with Crippen molar-refractivity contribution in [1.82, 2.24) is 0 Å². The molecule has 0 aromatic heterocycles. The van der Waals surface area contributed by atoms with Gasteiger partial charge < -0.3 is 0 Å². The lowest BCUT2D eigenvalue weighted by atomic mass is 9.89. The molecule has 0 spiro atoms. The van der Waals surface area contributed by atoms with E-state index in [1.165, 1.54) is 70.6 Å². The zero-order valence-corrected chi connectivity index (χ0v) is 22.6. The minimum Gasteiger partial charge on any atom is -0.288 e. The zero-order valence-electron chi connectivity index (χ0n) is 22.6. The molecule has 0 atom stereocenters. The summed E-state index contributed by atoms with van der Waals surface area (Å²) in [6, 6.07) is 52.7. The molecule has 0 saturated carbocycles. The second-order valence-electron chi connectivity index (χ2n) is 10.8.